The Bertz CT molecular complexity index is 1020. The minimum Gasteiger partial charge on any atom is -0.339 e. The van der Waals surface area contributed by atoms with E-state index in [2.05, 4.69) is 42.6 Å². The molecule has 0 aliphatic carbocycles. The van der Waals surface area contributed by atoms with Crippen molar-refractivity contribution in [1.82, 2.24) is 4.90 Å². The zero-order valence-electron chi connectivity index (χ0n) is 17.9. The number of benzene rings is 3. The van der Waals surface area contributed by atoms with E-state index in [4.69, 9.17) is 0 Å². The third-order valence-corrected chi connectivity index (χ3v) is 5.41. The molecule has 3 aromatic rings. The Balaban J connectivity index is 1.62. The predicted octanol–water partition coefficient (Wildman–Crippen LogP) is 3.58. The molecule has 156 valence electrons. The normalized spacial score (nSPS) is 11.8. The predicted molar refractivity (Wildman–Crippen MR) is 121 cm³/mol. The lowest BCUT2D eigenvalue weighted by Crippen LogP contribution is -2.86. The first-order valence-corrected chi connectivity index (χ1v) is 10.5. The molecule has 0 heterocycles. The maximum absolute atomic E-state index is 12.5. The van der Waals surface area contributed by atoms with Gasteiger partial charge >= 0.3 is 0 Å². The van der Waals surface area contributed by atoms with Crippen LogP contribution in [-0.4, -0.2) is 36.3 Å². The third-order valence-electron chi connectivity index (χ3n) is 5.41. The van der Waals surface area contributed by atoms with Gasteiger partial charge in [-0.25, -0.2) is 0 Å². The summed E-state index contributed by atoms with van der Waals surface area (Å²) in [5, 5.41) is 7.36. The summed E-state index contributed by atoms with van der Waals surface area (Å²) in [5.41, 5.74) is 2.45. The van der Waals surface area contributed by atoms with Crippen molar-refractivity contribution in [3.05, 3.63) is 77.9 Å². The van der Waals surface area contributed by atoms with Crippen molar-refractivity contribution in [2.75, 3.05) is 25.0 Å². The van der Waals surface area contributed by atoms with Gasteiger partial charge in [0.1, 0.15) is 6.04 Å². The van der Waals surface area contributed by atoms with Gasteiger partial charge in [0, 0.05) is 29.9 Å². The maximum atomic E-state index is 12.5. The van der Waals surface area contributed by atoms with Gasteiger partial charge in [-0.1, -0.05) is 48.5 Å². The third kappa shape index (κ3) is 5.05. The quantitative estimate of drug-likeness (QED) is 0.603. The number of amides is 2. The summed E-state index contributed by atoms with van der Waals surface area (Å²) in [7, 11) is 0. The summed E-state index contributed by atoms with van der Waals surface area (Å²) in [6.45, 7) is 7.65. The van der Waals surface area contributed by atoms with Gasteiger partial charge < -0.3 is 15.5 Å². The van der Waals surface area contributed by atoms with Crippen molar-refractivity contribution in [1.29, 1.82) is 0 Å². The van der Waals surface area contributed by atoms with Gasteiger partial charge in [-0.15, -0.1) is 0 Å². The monoisotopic (exact) mass is 404 g/mol. The molecule has 0 saturated carbocycles. The fourth-order valence-corrected chi connectivity index (χ4v) is 3.69. The molecule has 0 radical (unpaired) electrons. The molecule has 0 fully saturated rings. The lowest BCUT2D eigenvalue weighted by Gasteiger charge is -2.19. The largest absolute Gasteiger partial charge is 0.339 e. The molecule has 5 nitrogen and oxygen atoms in total. The van der Waals surface area contributed by atoms with E-state index in [0.29, 0.717) is 30.9 Å². The summed E-state index contributed by atoms with van der Waals surface area (Å²) in [5.74, 6) is -0.109. The average Bonchev–Trinajstić information content (AvgIpc) is 2.78. The summed E-state index contributed by atoms with van der Waals surface area (Å²) < 4.78 is 0. The van der Waals surface area contributed by atoms with Gasteiger partial charge in [-0.05, 0) is 49.7 Å². The van der Waals surface area contributed by atoms with Crippen molar-refractivity contribution >= 4 is 28.3 Å². The molecule has 0 unspecified atom stereocenters. The van der Waals surface area contributed by atoms with Gasteiger partial charge in [0.25, 0.3) is 11.8 Å². The molecule has 0 bridgehead atoms. The number of carbonyl (C=O) groups excluding carboxylic acids is 2. The molecule has 1 atom stereocenters. The van der Waals surface area contributed by atoms with E-state index in [0.717, 1.165) is 0 Å². The Morgan fingerprint density at radius 2 is 1.67 bits per heavy atom. The fraction of sp³-hybridized carbons (Fsp3) is 0.280. The molecule has 0 spiro atoms. The molecule has 3 N–H and O–H groups in total. The van der Waals surface area contributed by atoms with Crippen LogP contribution in [0.4, 0.5) is 5.69 Å². The van der Waals surface area contributed by atoms with Gasteiger partial charge in [-0.2, -0.15) is 0 Å². The zero-order valence-corrected chi connectivity index (χ0v) is 17.9. The van der Waals surface area contributed by atoms with Crippen LogP contribution in [-0.2, 0) is 4.79 Å². The van der Waals surface area contributed by atoms with Gasteiger partial charge in [0.05, 0.1) is 0 Å². The van der Waals surface area contributed by atoms with E-state index in [1.54, 1.807) is 23.1 Å². The summed E-state index contributed by atoms with van der Waals surface area (Å²) in [4.78, 5) is 26.8. The molecule has 3 aromatic carbocycles. The van der Waals surface area contributed by atoms with E-state index >= 15 is 0 Å². The highest BCUT2D eigenvalue weighted by Crippen LogP contribution is 2.22. The first-order chi connectivity index (χ1) is 14.5. The van der Waals surface area contributed by atoms with Crippen LogP contribution < -0.4 is 10.6 Å². The number of nitrogens with zero attached hydrogens (tertiary/aromatic N) is 1. The van der Waals surface area contributed by atoms with Crippen molar-refractivity contribution < 1.29 is 14.9 Å². The number of nitrogens with one attached hydrogen (secondary N) is 1. The minimum absolute atomic E-state index is 0.0211. The molecule has 30 heavy (non-hydrogen) atoms. The Morgan fingerprint density at radius 1 is 0.967 bits per heavy atom. The average molecular weight is 405 g/mol. The van der Waals surface area contributed by atoms with Gasteiger partial charge in [-0.3, -0.25) is 9.59 Å². The number of fused-ring (bicyclic) bond motifs is 1. The number of nitrogens with two attached hydrogens (primary N) is 1. The lowest BCUT2D eigenvalue weighted by atomic mass is 10.00. The van der Waals surface area contributed by atoms with E-state index in [-0.39, 0.29) is 17.9 Å². The topological polar surface area (TPSA) is 66.0 Å². The first-order valence-electron chi connectivity index (χ1n) is 10.5. The molecule has 0 saturated heterocycles. The number of anilines is 1. The van der Waals surface area contributed by atoms with Crippen LogP contribution in [0.15, 0.2) is 66.7 Å². The molecule has 3 rings (SSSR count). The number of quaternary nitrogens is 1. The Morgan fingerprint density at radius 3 is 2.43 bits per heavy atom. The van der Waals surface area contributed by atoms with Crippen LogP contribution >= 0.6 is 0 Å². The number of hydrogen-bond donors (Lipinski definition) is 2. The second kappa shape index (κ2) is 10.0. The van der Waals surface area contributed by atoms with Crippen LogP contribution in [0, 0.1) is 0 Å². The Kier molecular flexibility index (Phi) is 7.20. The van der Waals surface area contributed by atoms with Crippen molar-refractivity contribution in [2.24, 2.45) is 0 Å². The summed E-state index contributed by atoms with van der Waals surface area (Å²) >= 11 is 0. The van der Waals surface area contributed by atoms with E-state index in [1.165, 1.54) is 16.3 Å². The standard InChI is InChI=1S/C25H29N3O2/c1-4-28(5-2)25(30)20-12-8-13-21(16-20)27-24(29)17-26-18(3)22-15-9-11-19-10-6-7-14-23(19)22/h6-16,18,26H,4-5,17H2,1-3H3,(H,27,29)/p+1/t18-/m1/s1. The first kappa shape index (κ1) is 21.5. The van der Waals surface area contributed by atoms with Crippen LogP contribution in [0.25, 0.3) is 10.8 Å². The maximum Gasteiger partial charge on any atom is 0.279 e. The molecule has 0 aromatic heterocycles. The fourth-order valence-electron chi connectivity index (χ4n) is 3.69. The second-order valence-corrected chi connectivity index (χ2v) is 7.40. The minimum atomic E-state index is -0.0884. The van der Waals surface area contributed by atoms with E-state index < -0.39 is 0 Å². The smallest absolute Gasteiger partial charge is 0.279 e. The van der Waals surface area contributed by atoms with Crippen molar-refractivity contribution in [3.63, 3.8) is 0 Å². The van der Waals surface area contributed by atoms with Gasteiger partial charge in [0.2, 0.25) is 0 Å². The number of hydrogen-bond acceptors (Lipinski definition) is 2. The Hall–Kier alpha value is -3.18. The molecular weight excluding hydrogens is 374 g/mol. The second-order valence-electron chi connectivity index (χ2n) is 7.40. The molecule has 0 aliphatic rings. The molecule has 2 amide bonds. The highest BCUT2D eigenvalue weighted by molar-refractivity contribution is 5.97. The van der Waals surface area contributed by atoms with Crippen molar-refractivity contribution in [3.8, 4) is 0 Å². The molecule has 5 heteroatoms. The van der Waals surface area contributed by atoms with E-state index in [1.807, 2.05) is 37.4 Å². The lowest BCUT2D eigenvalue weighted by molar-refractivity contribution is -0.682. The van der Waals surface area contributed by atoms with Crippen LogP contribution in [0.3, 0.4) is 0 Å². The van der Waals surface area contributed by atoms with Crippen LogP contribution in [0.1, 0.15) is 42.7 Å². The molecule has 0 aliphatic heterocycles. The number of carbonyl (C=O) groups is 2. The SMILES string of the molecule is CCN(CC)C(=O)c1cccc(NC(=O)C[NH2+][C@H](C)c2cccc3ccccc23)c1. The summed E-state index contributed by atoms with van der Waals surface area (Å²) in [6.07, 6.45) is 0. The molecular formula is C25H30N3O2+. The van der Waals surface area contributed by atoms with Crippen LogP contribution in [0.2, 0.25) is 0 Å². The van der Waals surface area contributed by atoms with E-state index in [9.17, 15) is 9.59 Å². The Labute approximate surface area is 178 Å². The van der Waals surface area contributed by atoms with Crippen LogP contribution in [0.5, 0.6) is 0 Å². The number of rotatable bonds is 8. The van der Waals surface area contributed by atoms with Gasteiger partial charge in [0.15, 0.2) is 6.54 Å². The highest BCUT2D eigenvalue weighted by atomic mass is 16.2. The zero-order chi connectivity index (χ0) is 21.5. The highest BCUT2D eigenvalue weighted by Gasteiger charge is 2.16. The summed E-state index contributed by atoms with van der Waals surface area (Å²) in [6, 6.07) is 21.9. The van der Waals surface area contributed by atoms with Crippen molar-refractivity contribution in [2.45, 2.75) is 26.8 Å².